The third kappa shape index (κ3) is 3.68. The van der Waals surface area contributed by atoms with Crippen LogP contribution in [0.15, 0.2) is 16.6 Å². The molecular formula is C13H17BrFNO. The number of hydrogen-bond acceptors (Lipinski definition) is 2. The van der Waals surface area contributed by atoms with Crippen molar-refractivity contribution < 1.29 is 9.13 Å². The van der Waals surface area contributed by atoms with Crippen LogP contribution in [0.5, 0.6) is 5.75 Å². The van der Waals surface area contributed by atoms with E-state index in [0.29, 0.717) is 10.4 Å². The van der Waals surface area contributed by atoms with Crippen LogP contribution in [0.3, 0.4) is 0 Å². The predicted octanol–water partition coefficient (Wildman–Crippen LogP) is 3.14. The zero-order valence-corrected chi connectivity index (χ0v) is 11.5. The summed E-state index contributed by atoms with van der Waals surface area (Å²) >= 11 is 3.37. The molecule has 0 bridgehead atoms. The second-order valence-corrected chi connectivity index (χ2v) is 5.34. The smallest absolute Gasteiger partial charge is 0.136 e. The number of nitrogens with one attached hydrogen (secondary N) is 1. The molecule has 1 fully saturated rings. The average Bonchev–Trinajstić information content (AvgIpc) is 3.08. The number of likely N-dealkylation sites (N-methyl/N-ethyl adjacent to an activating group) is 1. The first-order valence-corrected chi connectivity index (χ1v) is 6.75. The highest BCUT2D eigenvalue weighted by Crippen LogP contribution is 2.34. The van der Waals surface area contributed by atoms with Gasteiger partial charge in [0.15, 0.2) is 0 Å². The van der Waals surface area contributed by atoms with Crippen LogP contribution in [0.2, 0.25) is 0 Å². The molecule has 2 nitrogen and oxygen atoms in total. The molecule has 0 saturated heterocycles. The van der Waals surface area contributed by atoms with Gasteiger partial charge in [-0.3, -0.25) is 0 Å². The minimum atomic E-state index is -0.221. The minimum absolute atomic E-state index is 0.221. The highest BCUT2D eigenvalue weighted by atomic mass is 79.9. The van der Waals surface area contributed by atoms with Crippen molar-refractivity contribution >= 4 is 15.9 Å². The Hall–Kier alpha value is -0.610. The summed E-state index contributed by atoms with van der Waals surface area (Å²) in [6.45, 7) is 1.56. The molecule has 1 saturated carbocycles. The van der Waals surface area contributed by atoms with E-state index in [-0.39, 0.29) is 5.82 Å². The Morgan fingerprint density at radius 1 is 1.47 bits per heavy atom. The van der Waals surface area contributed by atoms with Gasteiger partial charge >= 0.3 is 0 Å². The lowest BCUT2D eigenvalue weighted by Gasteiger charge is -2.13. The van der Waals surface area contributed by atoms with E-state index in [2.05, 4.69) is 21.2 Å². The maximum absolute atomic E-state index is 13.3. The van der Waals surface area contributed by atoms with E-state index >= 15 is 0 Å². The van der Waals surface area contributed by atoms with E-state index in [0.717, 1.165) is 30.9 Å². The van der Waals surface area contributed by atoms with Crippen molar-refractivity contribution in [3.05, 3.63) is 28.0 Å². The van der Waals surface area contributed by atoms with Gasteiger partial charge in [-0.15, -0.1) is 0 Å². The van der Waals surface area contributed by atoms with Crippen LogP contribution < -0.4 is 10.1 Å². The topological polar surface area (TPSA) is 21.3 Å². The van der Waals surface area contributed by atoms with E-state index in [1.807, 2.05) is 7.05 Å². The fourth-order valence-corrected chi connectivity index (χ4v) is 2.29. The first-order chi connectivity index (χ1) is 8.20. The summed E-state index contributed by atoms with van der Waals surface area (Å²) in [6.07, 6.45) is 3.28. The van der Waals surface area contributed by atoms with Crippen molar-refractivity contribution in [2.45, 2.75) is 19.3 Å². The number of hydrogen-bond donors (Lipinski definition) is 1. The van der Waals surface area contributed by atoms with Crippen LogP contribution in [-0.4, -0.2) is 20.2 Å². The maximum atomic E-state index is 13.3. The zero-order chi connectivity index (χ0) is 12.3. The van der Waals surface area contributed by atoms with Gasteiger partial charge in [0.2, 0.25) is 0 Å². The SMILES string of the molecule is CNCCc1cc(F)cc(Br)c1OCC1CC1. The molecule has 4 heteroatoms. The maximum Gasteiger partial charge on any atom is 0.136 e. The summed E-state index contributed by atoms with van der Waals surface area (Å²) in [4.78, 5) is 0. The first kappa shape index (κ1) is 12.8. The summed E-state index contributed by atoms with van der Waals surface area (Å²) in [5.74, 6) is 1.28. The molecule has 0 atom stereocenters. The van der Waals surface area contributed by atoms with Crippen LogP contribution in [-0.2, 0) is 6.42 Å². The number of halogens is 2. The van der Waals surface area contributed by atoms with Crippen LogP contribution in [0.1, 0.15) is 18.4 Å². The molecular weight excluding hydrogens is 285 g/mol. The Morgan fingerprint density at radius 3 is 2.88 bits per heavy atom. The van der Waals surface area contributed by atoms with Crippen LogP contribution in [0.4, 0.5) is 4.39 Å². The molecule has 0 aliphatic heterocycles. The quantitative estimate of drug-likeness (QED) is 0.871. The minimum Gasteiger partial charge on any atom is -0.492 e. The van der Waals surface area contributed by atoms with Crippen molar-refractivity contribution in [2.75, 3.05) is 20.2 Å². The van der Waals surface area contributed by atoms with Crippen LogP contribution in [0.25, 0.3) is 0 Å². The molecule has 1 aliphatic carbocycles. The number of rotatable bonds is 6. The van der Waals surface area contributed by atoms with E-state index < -0.39 is 0 Å². The van der Waals surface area contributed by atoms with Gasteiger partial charge in [-0.1, -0.05) is 0 Å². The normalized spacial score (nSPS) is 15.0. The largest absolute Gasteiger partial charge is 0.492 e. The summed E-state index contributed by atoms with van der Waals surface area (Å²) in [6, 6.07) is 3.02. The highest BCUT2D eigenvalue weighted by molar-refractivity contribution is 9.10. The van der Waals surface area contributed by atoms with Gasteiger partial charge in [-0.2, -0.15) is 0 Å². The highest BCUT2D eigenvalue weighted by Gasteiger charge is 2.23. The van der Waals surface area contributed by atoms with Gasteiger partial charge in [-0.05, 0) is 72.4 Å². The van der Waals surface area contributed by atoms with Crippen molar-refractivity contribution in [1.29, 1.82) is 0 Å². The van der Waals surface area contributed by atoms with Gasteiger partial charge in [0.1, 0.15) is 11.6 Å². The predicted molar refractivity (Wildman–Crippen MR) is 69.9 cm³/mol. The van der Waals surface area contributed by atoms with Crippen molar-refractivity contribution in [1.82, 2.24) is 5.32 Å². The molecule has 0 heterocycles. The van der Waals surface area contributed by atoms with Gasteiger partial charge in [-0.25, -0.2) is 4.39 Å². The van der Waals surface area contributed by atoms with E-state index in [1.165, 1.54) is 18.9 Å². The molecule has 0 radical (unpaired) electrons. The van der Waals surface area contributed by atoms with Gasteiger partial charge in [0.25, 0.3) is 0 Å². The molecule has 1 aromatic rings. The molecule has 2 rings (SSSR count). The van der Waals surface area contributed by atoms with Crippen molar-refractivity contribution in [2.24, 2.45) is 5.92 Å². The van der Waals surface area contributed by atoms with Gasteiger partial charge in [0, 0.05) is 0 Å². The Labute approximate surface area is 110 Å². The average molecular weight is 302 g/mol. The van der Waals surface area contributed by atoms with E-state index in [1.54, 1.807) is 6.07 Å². The van der Waals surface area contributed by atoms with Crippen molar-refractivity contribution in [3.8, 4) is 5.75 Å². The Morgan fingerprint density at radius 2 is 2.24 bits per heavy atom. The fourth-order valence-electron chi connectivity index (χ4n) is 1.71. The second kappa shape index (κ2) is 5.83. The summed E-state index contributed by atoms with van der Waals surface area (Å²) in [5.41, 5.74) is 0.923. The lowest BCUT2D eigenvalue weighted by Crippen LogP contribution is -2.12. The Kier molecular flexibility index (Phi) is 4.40. The molecule has 0 unspecified atom stereocenters. The van der Waals surface area contributed by atoms with Crippen molar-refractivity contribution in [3.63, 3.8) is 0 Å². The van der Waals surface area contributed by atoms with Gasteiger partial charge in [0.05, 0.1) is 11.1 Å². The monoisotopic (exact) mass is 301 g/mol. The molecule has 17 heavy (non-hydrogen) atoms. The number of ether oxygens (including phenoxy) is 1. The lowest BCUT2D eigenvalue weighted by molar-refractivity contribution is 0.294. The molecule has 1 aliphatic rings. The zero-order valence-electron chi connectivity index (χ0n) is 9.93. The Bertz CT molecular complexity index is 393. The third-order valence-corrected chi connectivity index (χ3v) is 3.48. The van der Waals surface area contributed by atoms with Gasteiger partial charge < -0.3 is 10.1 Å². The molecule has 1 aromatic carbocycles. The molecule has 94 valence electrons. The molecule has 1 N–H and O–H groups in total. The standard InChI is InChI=1S/C13H17BrFNO/c1-16-5-4-10-6-11(15)7-12(14)13(10)17-8-9-2-3-9/h6-7,9,16H,2-5,8H2,1H3. The summed E-state index contributed by atoms with van der Waals surface area (Å²) < 4.78 is 19.9. The van der Waals surface area contributed by atoms with Crippen LogP contribution >= 0.6 is 15.9 Å². The van der Waals surface area contributed by atoms with E-state index in [4.69, 9.17) is 4.74 Å². The second-order valence-electron chi connectivity index (χ2n) is 4.48. The third-order valence-electron chi connectivity index (χ3n) is 2.89. The molecule has 0 amide bonds. The Balaban J connectivity index is 2.12. The molecule has 0 spiro atoms. The first-order valence-electron chi connectivity index (χ1n) is 5.96. The van der Waals surface area contributed by atoms with Crippen LogP contribution in [0, 0.1) is 11.7 Å². The fraction of sp³-hybridized carbons (Fsp3) is 0.538. The van der Waals surface area contributed by atoms with E-state index in [9.17, 15) is 4.39 Å². The lowest BCUT2D eigenvalue weighted by atomic mass is 10.1. The summed E-state index contributed by atoms with van der Waals surface area (Å²) in [5, 5.41) is 3.07. The summed E-state index contributed by atoms with van der Waals surface area (Å²) in [7, 11) is 1.89. The number of benzene rings is 1. The molecule has 0 aromatic heterocycles.